The molecule has 1 aliphatic rings. The average Bonchev–Trinajstić information content (AvgIpc) is 2.93. The molecule has 1 aliphatic heterocycles. The van der Waals surface area contributed by atoms with Gasteiger partial charge in [-0.25, -0.2) is 9.18 Å². The number of halogens is 1. The Hall–Kier alpha value is -1.62. The van der Waals surface area contributed by atoms with Crippen LogP contribution in [0.2, 0.25) is 0 Å². The minimum Gasteiger partial charge on any atom is -0.303 e. The summed E-state index contributed by atoms with van der Waals surface area (Å²) in [6.45, 7) is 5.23. The fraction of sp³-hybridized carbons (Fsp3) is 0.500. The molecule has 0 saturated carbocycles. The number of fused-ring (bicyclic) bond motifs is 1. The summed E-state index contributed by atoms with van der Waals surface area (Å²) in [4.78, 5) is 17.1. The van der Waals surface area contributed by atoms with Crippen LogP contribution in [0.5, 0.6) is 0 Å². The lowest BCUT2D eigenvalue weighted by molar-refractivity contribution is 0.152. The minimum absolute atomic E-state index is 0.0306. The zero-order valence-corrected chi connectivity index (χ0v) is 11.2. The van der Waals surface area contributed by atoms with Crippen LogP contribution in [-0.2, 0) is 0 Å². The van der Waals surface area contributed by atoms with Crippen LogP contribution >= 0.6 is 0 Å². The number of hydrogen-bond donors (Lipinski definition) is 1. The first-order valence-electron chi connectivity index (χ1n) is 6.74. The average molecular weight is 263 g/mol. The molecule has 1 fully saturated rings. The van der Waals surface area contributed by atoms with Crippen LogP contribution < -0.4 is 5.69 Å². The van der Waals surface area contributed by atoms with Gasteiger partial charge in [0.2, 0.25) is 0 Å². The van der Waals surface area contributed by atoms with Crippen LogP contribution in [0.3, 0.4) is 0 Å². The summed E-state index contributed by atoms with van der Waals surface area (Å²) in [5.74, 6) is -0.373. The van der Waals surface area contributed by atoms with Gasteiger partial charge < -0.3 is 4.98 Å². The van der Waals surface area contributed by atoms with E-state index >= 15 is 0 Å². The molecule has 5 heteroatoms. The standard InChI is InChI=1S/C14H18FN3O/c1-9(2)17-8-4-7-12(17)18-11-6-3-5-10(15)13(11)16-14(18)19/h3,5-6,9,12H,4,7-8H2,1-2H3,(H,16,19). The smallest absolute Gasteiger partial charge is 0.303 e. The molecule has 3 rings (SSSR count). The number of aromatic nitrogens is 2. The van der Waals surface area contributed by atoms with Crippen LogP contribution in [0, 0.1) is 5.82 Å². The number of imidazole rings is 1. The fourth-order valence-electron chi connectivity index (χ4n) is 3.06. The molecule has 1 unspecified atom stereocenters. The highest BCUT2D eigenvalue weighted by atomic mass is 19.1. The van der Waals surface area contributed by atoms with Gasteiger partial charge in [-0.2, -0.15) is 0 Å². The van der Waals surface area contributed by atoms with E-state index in [2.05, 4.69) is 23.7 Å². The molecule has 0 aliphatic carbocycles. The van der Waals surface area contributed by atoms with Crippen molar-refractivity contribution in [2.24, 2.45) is 0 Å². The highest BCUT2D eigenvalue weighted by molar-refractivity contribution is 5.75. The number of aromatic amines is 1. The lowest BCUT2D eigenvalue weighted by Crippen LogP contribution is -2.37. The molecule has 1 aromatic heterocycles. The topological polar surface area (TPSA) is 41.0 Å². The quantitative estimate of drug-likeness (QED) is 0.904. The number of nitrogens with zero attached hydrogens (tertiary/aromatic N) is 2. The first-order chi connectivity index (χ1) is 9.09. The van der Waals surface area contributed by atoms with Crippen molar-refractivity contribution < 1.29 is 4.39 Å². The maximum absolute atomic E-state index is 13.7. The monoisotopic (exact) mass is 263 g/mol. The first-order valence-corrected chi connectivity index (χ1v) is 6.74. The zero-order chi connectivity index (χ0) is 13.6. The van der Waals surface area contributed by atoms with Crippen molar-refractivity contribution in [3.05, 3.63) is 34.5 Å². The van der Waals surface area contributed by atoms with Gasteiger partial charge in [0.25, 0.3) is 0 Å². The molecule has 4 nitrogen and oxygen atoms in total. The summed E-state index contributed by atoms with van der Waals surface area (Å²) in [5.41, 5.74) is 0.739. The molecular formula is C14H18FN3O. The van der Waals surface area contributed by atoms with E-state index in [9.17, 15) is 9.18 Å². The van der Waals surface area contributed by atoms with Gasteiger partial charge in [-0.15, -0.1) is 0 Å². The van der Waals surface area contributed by atoms with Gasteiger partial charge in [0, 0.05) is 12.6 Å². The Balaban J connectivity index is 2.17. The number of nitrogens with one attached hydrogen (secondary N) is 1. The summed E-state index contributed by atoms with van der Waals surface area (Å²) in [7, 11) is 0. The van der Waals surface area contributed by atoms with E-state index in [0.29, 0.717) is 17.1 Å². The summed E-state index contributed by atoms with van der Waals surface area (Å²) in [5, 5.41) is 0. The van der Waals surface area contributed by atoms with Crippen molar-refractivity contribution in [1.29, 1.82) is 0 Å². The largest absolute Gasteiger partial charge is 0.327 e. The predicted molar refractivity (Wildman–Crippen MR) is 72.6 cm³/mol. The Morgan fingerprint density at radius 2 is 2.21 bits per heavy atom. The molecule has 1 aromatic carbocycles. The SMILES string of the molecule is CC(C)N1CCCC1n1c(=O)[nH]c2c(F)cccc21. The molecule has 0 amide bonds. The molecule has 2 aromatic rings. The number of likely N-dealkylation sites (tertiary alicyclic amines) is 1. The Morgan fingerprint density at radius 3 is 2.95 bits per heavy atom. The Morgan fingerprint density at radius 1 is 1.42 bits per heavy atom. The maximum atomic E-state index is 13.7. The van der Waals surface area contributed by atoms with Crippen molar-refractivity contribution in [2.75, 3.05) is 6.54 Å². The first kappa shape index (κ1) is 12.4. The van der Waals surface area contributed by atoms with Crippen LogP contribution in [0.4, 0.5) is 4.39 Å². The van der Waals surface area contributed by atoms with Crippen molar-refractivity contribution in [1.82, 2.24) is 14.5 Å². The van der Waals surface area contributed by atoms with E-state index in [1.165, 1.54) is 6.07 Å². The normalized spacial score (nSPS) is 20.7. The molecular weight excluding hydrogens is 245 g/mol. The molecule has 1 N–H and O–H groups in total. The second-order valence-corrected chi connectivity index (χ2v) is 5.39. The van der Waals surface area contributed by atoms with Crippen LogP contribution in [0.25, 0.3) is 11.0 Å². The number of rotatable bonds is 2. The molecule has 1 saturated heterocycles. The number of H-pyrrole nitrogens is 1. The van der Waals surface area contributed by atoms with Crippen LogP contribution in [-0.4, -0.2) is 27.0 Å². The van der Waals surface area contributed by atoms with Crippen molar-refractivity contribution in [3.63, 3.8) is 0 Å². The third-order valence-electron chi connectivity index (χ3n) is 3.92. The Bertz CT molecular complexity index is 658. The molecule has 0 bridgehead atoms. The second kappa shape index (κ2) is 4.49. The van der Waals surface area contributed by atoms with Gasteiger partial charge in [-0.3, -0.25) is 9.47 Å². The van der Waals surface area contributed by atoms with Crippen LogP contribution in [0.1, 0.15) is 32.9 Å². The molecule has 2 heterocycles. The maximum Gasteiger partial charge on any atom is 0.327 e. The summed E-state index contributed by atoms with van der Waals surface area (Å²) < 4.78 is 15.4. The van der Waals surface area contributed by atoms with Gasteiger partial charge in [0.15, 0.2) is 0 Å². The van der Waals surface area contributed by atoms with Crippen LogP contribution in [0.15, 0.2) is 23.0 Å². The van der Waals surface area contributed by atoms with Crippen molar-refractivity contribution >= 4 is 11.0 Å². The van der Waals surface area contributed by atoms with E-state index in [1.807, 2.05) is 0 Å². The lowest BCUT2D eigenvalue weighted by Gasteiger charge is -2.28. The molecule has 19 heavy (non-hydrogen) atoms. The lowest BCUT2D eigenvalue weighted by atomic mass is 10.2. The number of para-hydroxylation sites is 1. The molecule has 0 radical (unpaired) electrons. The number of hydrogen-bond acceptors (Lipinski definition) is 2. The Kier molecular flexibility index (Phi) is 2.93. The van der Waals surface area contributed by atoms with E-state index in [1.54, 1.807) is 16.7 Å². The summed E-state index contributed by atoms with van der Waals surface area (Å²) in [6, 6.07) is 5.19. The van der Waals surface area contributed by atoms with Crippen molar-refractivity contribution in [3.8, 4) is 0 Å². The predicted octanol–water partition coefficient (Wildman–Crippen LogP) is 2.47. The third kappa shape index (κ3) is 1.89. The fourth-order valence-corrected chi connectivity index (χ4v) is 3.06. The zero-order valence-electron chi connectivity index (χ0n) is 11.2. The molecule has 1 atom stereocenters. The Labute approximate surface area is 110 Å². The number of benzene rings is 1. The van der Waals surface area contributed by atoms with Gasteiger partial charge in [-0.1, -0.05) is 6.07 Å². The van der Waals surface area contributed by atoms with E-state index < -0.39 is 0 Å². The minimum atomic E-state index is -0.373. The summed E-state index contributed by atoms with van der Waals surface area (Å²) in [6.07, 6.45) is 2.03. The van der Waals surface area contributed by atoms with Gasteiger partial charge >= 0.3 is 5.69 Å². The van der Waals surface area contributed by atoms with E-state index in [0.717, 1.165) is 19.4 Å². The van der Waals surface area contributed by atoms with Crippen molar-refractivity contribution in [2.45, 2.75) is 38.9 Å². The summed E-state index contributed by atoms with van der Waals surface area (Å²) >= 11 is 0. The third-order valence-corrected chi connectivity index (χ3v) is 3.92. The molecule has 0 spiro atoms. The van der Waals surface area contributed by atoms with Gasteiger partial charge in [-0.05, 0) is 38.8 Å². The molecule has 102 valence electrons. The van der Waals surface area contributed by atoms with E-state index in [4.69, 9.17) is 0 Å². The van der Waals surface area contributed by atoms with E-state index in [-0.39, 0.29) is 17.7 Å². The highest BCUT2D eigenvalue weighted by Crippen LogP contribution is 2.30. The highest BCUT2D eigenvalue weighted by Gasteiger charge is 2.30. The van der Waals surface area contributed by atoms with Gasteiger partial charge in [0.05, 0.1) is 11.7 Å². The van der Waals surface area contributed by atoms with Gasteiger partial charge in [0.1, 0.15) is 11.3 Å². The second-order valence-electron chi connectivity index (χ2n) is 5.39.